The molecule has 1 aliphatic carbocycles. The minimum Gasteiger partial charge on any atom is -0.353 e. The molecule has 2 aliphatic rings. The smallest absolute Gasteiger partial charge is 0.231 e. The molecular weight excluding hydrogens is 434 g/mol. The van der Waals surface area contributed by atoms with Crippen molar-refractivity contribution in [3.8, 4) is 0 Å². The molecule has 6 nitrogen and oxygen atoms in total. The number of anilines is 1. The van der Waals surface area contributed by atoms with Gasteiger partial charge < -0.3 is 14.7 Å². The van der Waals surface area contributed by atoms with Gasteiger partial charge in [-0.3, -0.25) is 4.79 Å². The number of carbonyl (C=O) groups excluding carboxylic acids is 1. The average molecular weight is 470 g/mol. The summed E-state index contributed by atoms with van der Waals surface area (Å²) in [6, 6.07) is 7.77. The number of nitrogens with zero attached hydrogens (tertiary/aromatic N) is 5. The number of rotatable bonds is 8. The highest BCUT2D eigenvalue weighted by Crippen LogP contribution is 2.37. The number of unbranched alkanes of at least 4 members (excludes halogenated alkanes) is 1. The summed E-state index contributed by atoms with van der Waals surface area (Å²) in [5.74, 6) is 1.61. The molecule has 0 radical (unpaired) electrons. The van der Waals surface area contributed by atoms with Crippen LogP contribution in [0.15, 0.2) is 30.6 Å². The average Bonchev–Trinajstić information content (AvgIpc) is 3.22. The van der Waals surface area contributed by atoms with E-state index >= 15 is 0 Å². The highest BCUT2D eigenvalue weighted by Gasteiger charge is 2.32. The van der Waals surface area contributed by atoms with Gasteiger partial charge in [-0.15, -0.1) is 0 Å². The van der Waals surface area contributed by atoms with Crippen LogP contribution < -0.4 is 4.90 Å². The first-order valence-electron chi connectivity index (χ1n) is 12.3. The number of carbonyl (C=O) groups is 1. The van der Waals surface area contributed by atoms with Crippen molar-refractivity contribution in [2.24, 2.45) is 0 Å². The Hall–Kier alpha value is -2.18. The van der Waals surface area contributed by atoms with Crippen molar-refractivity contribution >= 4 is 23.3 Å². The number of amides is 1. The Morgan fingerprint density at radius 3 is 2.61 bits per heavy atom. The number of aryl methyl sites for hydroxylation is 1. The zero-order valence-corrected chi connectivity index (χ0v) is 20.9. The molecule has 2 atom stereocenters. The van der Waals surface area contributed by atoms with Crippen molar-refractivity contribution in [3.05, 3.63) is 52.4 Å². The molecule has 1 aromatic carbocycles. The van der Waals surface area contributed by atoms with Gasteiger partial charge in [-0.05, 0) is 56.5 Å². The highest BCUT2D eigenvalue weighted by molar-refractivity contribution is 6.30. The molecule has 1 aliphatic heterocycles. The second-order valence-corrected chi connectivity index (χ2v) is 9.97. The van der Waals surface area contributed by atoms with Gasteiger partial charge in [-0.25, -0.2) is 9.97 Å². The summed E-state index contributed by atoms with van der Waals surface area (Å²) in [6.07, 6.45) is 6.18. The molecule has 0 unspecified atom stereocenters. The number of hydrogen-bond donors (Lipinski definition) is 0. The lowest BCUT2D eigenvalue weighted by Crippen LogP contribution is -2.51. The molecule has 1 amide bonds. The number of piperazine rings is 1. The van der Waals surface area contributed by atoms with E-state index in [1.54, 1.807) is 6.33 Å². The van der Waals surface area contributed by atoms with Crippen LogP contribution in [0.2, 0.25) is 5.02 Å². The van der Waals surface area contributed by atoms with E-state index in [-0.39, 0.29) is 11.8 Å². The van der Waals surface area contributed by atoms with Crippen molar-refractivity contribution in [1.29, 1.82) is 0 Å². The van der Waals surface area contributed by atoms with E-state index in [1.165, 1.54) is 11.3 Å². The molecule has 2 aromatic rings. The molecule has 7 heteroatoms. The Morgan fingerprint density at radius 1 is 1.18 bits per heavy atom. The summed E-state index contributed by atoms with van der Waals surface area (Å²) in [5, 5.41) is 0.699. The van der Waals surface area contributed by atoms with Gasteiger partial charge in [0.2, 0.25) is 5.91 Å². The fourth-order valence-corrected chi connectivity index (χ4v) is 5.21. The summed E-state index contributed by atoms with van der Waals surface area (Å²) in [4.78, 5) is 29.5. The van der Waals surface area contributed by atoms with Gasteiger partial charge in [-0.1, -0.05) is 44.0 Å². The number of fused-ring (bicyclic) bond motifs is 1. The Morgan fingerprint density at radius 2 is 1.91 bits per heavy atom. The van der Waals surface area contributed by atoms with Gasteiger partial charge in [0.05, 0.1) is 5.92 Å². The Labute approximate surface area is 202 Å². The molecule has 4 rings (SSSR count). The van der Waals surface area contributed by atoms with Crippen molar-refractivity contribution in [1.82, 2.24) is 19.8 Å². The third kappa shape index (κ3) is 5.49. The standard InChI is InChI=1S/C26H36ClN5O/c1-4-5-12-30(3)17-22(20-7-9-21(27)10-8-20)26(33)32-15-13-31(14-16-32)25-24-19(2)6-11-23(24)28-18-29-25/h7-10,18-19,22H,4-6,11-17H2,1-3H3/t19-,22-/m1/s1. The number of benzene rings is 1. The zero-order chi connectivity index (χ0) is 23.4. The maximum Gasteiger partial charge on any atom is 0.231 e. The second kappa shape index (κ2) is 10.8. The minimum atomic E-state index is -0.181. The van der Waals surface area contributed by atoms with Crippen molar-refractivity contribution in [2.75, 3.05) is 51.2 Å². The second-order valence-electron chi connectivity index (χ2n) is 9.53. The van der Waals surface area contributed by atoms with Crippen LogP contribution in [0.25, 0.3) is 0 Å². The van der Waals surface area contributed by atoms with E-state index in [2.05, 4.69) is 40.7 Å². The zero-order valence-electron chi connectivity index (χ0n) is 20.1. The van der Waals surface area contributed by atoms with Crippen LogP contribution in [0.3, 0.4) is 0 Å². The molecule has 1 fully saturated rings. The molecule has 2 heterocycles. The summed E-state index contributed by atoms with van der Waals surface area (Å²) in [7, 11) is 2.11. The Bertz CT molecular complexity index is 942. The fraction of sp³-hybridized carbons (Fsp3) is 0.577. The molecule has 0 bridgehead atoms. The first-order valence-corrected chi connectivity index (χ1v) is 12.7. The Kier molecular flexibility index (Phi) is 7.86. The Balaban J connectivity index is 1.46. The van der Waals surface area contributed by atoms with Crippen molar-refractivity contribution in [3.63, 3.8) is 0 Å². The van der Waals surface area contributed by atoms with E-state index in [0.717, 1.165) is 76.3 Å². The van der Waals surface area contributed by atoms with Crippen molar-refractivity contribution < 1.29 is 4.79 Å². The van der Waals surface area contributed by atoms with E-state index in [9.17, 15) is 4.79 Å². The lowest BCUT2D eigenvalue weighted by Gasteiger charge is -2.38. The lowest BCUT2D eigenvalue weighted by atomic mass is 9.96. The van der Waals surface area contributed by atoms with Crippen LogP contribution in [0.4, 0.5) is 5.82 Å². The van der Waals surface area contributed by atoms with E-state index < -0.39 is 0 Å². The molecule has 0 saturated carbocycles. The summed E-state index contributed by atoms with van der Waals surface area (Å²) in [6.45, 7) is 9.23. The molecule has 178 valence electrons. The normalized spacial score (nSPS) is 19.1. The number of likely N-dealkylation sites (N-methyl/N-ethyl adjacent to an activating group) is 1. The summed E-state index contributed by atoms with van der Waals surface area (Å²) in [5.41, 5.74) is 3.55. The summed E-state index contributed by atoms with van der Waals surface area (Å²) < 4.78 is 0. The quantitative estimate of drug-likeness (QED) is 0.575. The topological polar surface area (TPSA) is 52.6 Å². The predicted molar refractivity (Wildman–Crippen MR) is 134 cm³/mol. The van der Waals surface area contributed by atoms with E-state index in [4.69, 9.17) is 11.6 Å². The van der Waals surface area contributed by atoms with E-state index in [0.29, 0.717) is 10.9 Å². The van der Waals surface area contributed by atoms with Crippen LogP contribution in [-0.4, -0.2) is 72.0 Å². The molecule has 0 spiro atoms. The fourth-order valence-electron chi connectivity index (χ4n) is 5.09. The minimum absolute atomic E-state index is 0.181. The van der Waals surface area contributed by atoms with Gasteiger partial charge in [0.25, 0.3) is 0 Å². The van der Waals surface area contributed by atoms with Gasteiger partial charge in [0, 0.05) is 49.0 Å². The third-order valence-corrected chi connectivity index (χ3v) is 7.35. The predicted octanol–water partition coefficient (Wildman–Crippen LogP) is 4.34. The van der Waals surface area contributed by atoms with Gasteiger partial charge in [-0.2, -0.15) is 0 Å². The SMILES string of the molecule is CCCCN(C)C[C@@H](C(=O)N1CCN(c2ncnc3c2[C@H](C)CC3)CC1)c1ccc(Cl)cc1. The van der Waals surface area contributed by atoms with Gasteiger partial charge in [0.15, 0.2) is 0 Å². The molecule has 1 saturated heterocycles. The third-order valence-electron chi connectivity index (χ3n) is 7.10. The number of halogens is 1. The van der Waals surface area contributed by atoms with E-state index in [1.807, 2.05) is 29.2 Å². The number of aromatic nitrogens is 2. The highest BCUT2D eigenvalue weighted by atomic mass is 35.5. The first kappa shape index (κ1) is 24.0. The van der Waals surface area contributed by atoms with Crippen LogP contribution in [0.5, 0.6) is 0 Å². The molecule has 0 N–H and O–H groups in total. The number of hydrogen-bond acceptors (Lipinski definition) is 5. The lowest BCUT2D eigenvalue weighted by molar-refractivity contribution is -0.133. The monoisotopic (exact) mass is 469 g/mol. The first-order chi connectivity index (χ1) is 16.0. The van der Waals surface area contributed by atoms with Gasteiger partial charge >= 0.3 is 0 Å². The molecule has 33 heavy (non-hydrogen) atoms. The summed E-state index contributed by atoms with van der Waals surface area (Å²) >= 11 is 6.12. The van der Waals surface area contributed by atoms with Crippen LogP contribution in [0, 0.1) is 0 Å². The molecule has 1 aromatic heterocycles. The molecular formula is C26H36ClN5O. The maximum absolute atomic E-state index is 13.7. The van der Waals surface area contributed by atoms with Crippen LogP contribution in [0.1, 0.15) is 61.8 Å². The van der Waals surface area contributed by atoms with Crippen LogP contribution >= 0.6 is 11.6 Å². The largest absolute Gasteiger partial charge is 0.353 e. The van der Waals surface area contributed by atoms with Crippen LogP contribution in [-0.2, 0) is 11.2 Å². The van der Waals surface area contributed by atoms with Gasteiger partial charge in [0.1, 0.15) is 12.1 Å². The maximum atomic E-state index is 13.7. The van der Waals surface area contributed by atoms with Crippen molar-refractivity contribution in [2.45, 2.75) is 51.4 Å².